The second-order valence-corrected chi connectivity index (χ2v) is 8.79. The van der Waals surface area contributed by atoms with Crippen LogP contribution in [0, 0.1) is 17.1 Å². The molecule has 1 aliphatic rings. The Morgan fingerprint density at radius 2 is 2.24 bits per heavy atom. The zero-order valence-electron chi connectivity index (χ0n) is 14.8. The maximum absolute atomic E-state index is 13.4. The van der Waals surface area contributed by atoms with Crippen LogP contribution in [0.4, 0.5) is 10.1 Å². The van der Waals surface area contributed by atoms with Gasteiger partial charge in [0.15, 0.2) is 0 Å². The minimum Gasteiger partial charge on any atom is -0.362 e. The molecule has 1 aromatic carbocycles. The average Bonchev–Trinajstić information content (AvgIpc) is 3.13. The summed E-state index contributed by atoms with van der Waals surface area (Å²) >= 11 is 8.35. The highest BCUT2D eigenvalue weighted by Gasteiger charge is 2.25. The van der Waals surface area contributed by atoms with Crippen molar-refractivity contribution in [3.05, 3.63) is 68.1 Å². The van der Waals surface area contributed by atoms with Gasteiger partial charge in [-0.15, -0.1) is 5.10 Å². The fourth-order valence-corrected chi connectivity index (χ4v) is 4.90. The SMILES string of the molecule is N#Cc1cc(F)ccc1Cn1nnc2c1CCN(c1cnn(PI)c(=O)c1Cl)C2. The van der Waals surface area contributed by atoms with Crippen LogP contribution in [0.1, 0.15) is 22.5 Å². The van der Waals surface area contributed by atoms with Gasteiger partial charge in [-0.05, 0) is 39.7 Å². The summed E-state index contributed by atoms with van der Waals surface area (Å²) < 4.78 is 16.4. The van der Waals surface area contributed by atoms with Gasteiger partial charge in [-0.3, -0.25) is 4.79 Å². The van der Waals surface area contributed by atoms with E-state index in [0.29, 0.717) is 37.3 Å². The molecule has 0 bridgehead atoms. The summed E-state index contributed by atoms with van der Waals surface area (Å²) in [6.45, 7) is 1.40. The molecule has 1 atom stereocenters. The Kier molecular flexibility index (Phi) is 5.81. The van der Waals surface area contributed by atoms with E-state index in [9.17, 15) is 14.4 Å². The lowest BCUT2D eigenvalue weighted by molar-refractivity contribution is 0.600. The molecule has 0 saturated heterocycles. The predicted molar refractivity (Wildman–Crippen MR) is 116 cm³/mol. The molecule has 148 valence electrons. The van der Waals surface area contributed by atoms with Crippen LogP contribution in [0.25, 0.3) is 0 Å². The predicted octanol–water partition coefficient (Wildman–Crippen LogP) is 2.90. The van der Waals surface area contributed by atoms with Crippen molar-refractivity contribution in [2.45, 2.75) is 19.5 Å². The second kappa shape index (κ2) is 8.34. The zero-order valence-corrected chi connectivity index (χ0v) is 18.7. The Balaban J connectivity index is 1.59. The number of benzene rings is 1. The zero-order chi connectivity index (χ0) is 20.5. The van der Waals surface area contributed by atoms with Gasteiger partial charge in [0.2, 0.25) is 0 Å². The fourth-order valence-electron chi connectivity index (χ4n) is 3.25. The minimum absolute atomic E-state index is 0.144. The largest absolute Gasteiger partial charge is 0.362 e. The van der Waals surface area contributed by atoms with Gasteiger partial charge in [0.25, 0.3) is 5.56 Å². The quantitative estimate of drug-likeness (QED) is 0.371. The third kappa shape index (κ3) is 3.86. The van der Waals surface area contributed by atoms with Crippen molar-refractivity contribution < 1.29 is 4.39 Å². The van der Waals surface area contributed by atoms with Gasteiger partial charge < -0.3 is 4.90 Å². The number of hydrogen-bond donors (Lipinski definition) is 0. The van der Waals surface area contributed by atoms with Gasteiger partial charge in [-0.25, -0.2) is 13.5 Å². The fraction of sp³-hybridized carbons (Fsp3) is 0.235. The van der Waals surface area contributed by atoms with E-state index in [4.69, 9.17) is 11.6 Å². The number of nitriles is 1. The maximum Gasteiger partial charge on any atom is 0.291 e. The third-order valence-corrected chi connectivity index (χ3v) is 6.92. The topological polar surface area (TPSA) is 92.6 Å². The molecule has 4 rings (SSSR count). The van der Waals surface area contributed by atoms with Crippen LogP contribution >= 0.6 is 40.0 Å². The Bertz CT molecular complexity index is 1190. The van der Waals surface area contributed by atoms with E-state index < -0.39 is 5.82 Å². The van der Waals surface area contributed by atoms with Crippen LogP contribution in [-0.4, -0.2) is 31.1 Å². The van der Waals surface area contributed by atoms with E-state index in [1.54, 1.807) is 16.9 Å². The first-order chi connectivity index (χ1) is 14.0. The number of rotatable bonds is 4. The third-order valence-electron chi connectivity index (χ3n) is 4.71. The lowest BCUT2D eigenvalue weighted by atomic mass is 10.1. The average molecular weight is 544 g/mol. The molecule has 0 N–H and O–H groups in total. The van der Waals surface area contributed by atoms with E-state index in [-0.39, 0.29) is 22.5 Å². The number of anilines is 1. The molecule has 0 fully saturated rings. The van der Waals surface area contributed by atoms with Crippen molar-refractivity contribution in [1.82, 2.24) is 24.5 Å². The van der Waals surface area contributed by atoms with Crippen molar-refractivity contribution in [2.24, 2.45) is 0 Å². The standard InChI is InChI=1S/C17H13ClFIN7OP/c18-16-15(7-22-27(29-20)17(16)28)25-4-3-14-13(9-25)23-24-26(14)8-10-1-2-12(19)5-11(10)6-21/h1-2,5,7,29H,3-4,8-9H2. The van der Waals surface area contributed by atoms with Gasteiger partial charge >= 0.3 is 0 Å². The van der Waals surface area contributed by atoms with Crippen LogP contribution in [0.2, 0.25) is 5.02 Å². The van der Waals surface area contributed by atoms with E-state index >= 15 is 0 Å². The van der Waals surface area contributed by atoms with Crippen molar-refractivity contribution in [3.63, 3.8) is 0 Å². The molecule has 12 heteroatoms. The molecule has 0 saturated carbocycles. The number of nitrogens with zero attached hydrogens (tertiary/aromatic N) is 7. The van der Waals surface area contributed by atoms with Gasteiger partial charge in [-0.1, -0.05) is 22.9 Å². The maximum atomic E-state index is 13.4. The minimum atomic E-state index is -0.447. The summed E-state index contributed by atoms with van der Waals surface area (Å²) in [4.78, 5) is 14.2. The normalized spacial score (nSPS) is 13.7. The van der Waals surface area contributed by atoms with Crippen LogP contribution in [-0.2, 0) is 19.5 Å². The van der Waals surface area contributed by atoms with Crippen molar-refractivity contribution in [3.8, 4) is 6.07 Å². The highest BCUT2D eigenvalue weighted by Crippen LogP contribution is 2.29. The highest BCUT2D eigenvalue weighted by molar-refractivity contribution is 14.2. The summed E-state index contributed by atoms with van der Waals surface area (Å²) in [7, 11) is 0. The molecule has 0 aliphatic carbocycles. The second-order valence-electron chi connectivity index (χ2n) is 6.37. The van der Waals surface area contributed by atoms with Crippen molar-refractivity contribution >= 4 is 45.7 Å². The number of halogens is 3. The highest BCUT2D eigenvalue weighted by atomic mass is 127. The van der Waals surface area contributed by atoms with Gasteiger partial charge in [-0.2, -0.15) is 10.4 Å². The Morgan fingerprint density at radius 1 is 1.41 bits per heavy atom. The molecular formula is C17H13ClFIN7OP. The van der Waals surface area contributed by atoms with E-state index in [1.807, 2.05) is 11.0 Å². The molecule has 1 unspecified atom stereocenters. The molecular weight excluding hydrogens is 531 g/mol. The Hall–Kier alpha value is -2.09. The number of aromatic nitrogens is 5. The van der Waals surface area contributed by atoms with Crippen LogP contribution in [0.3, 0.4) is 0 Å². The molecule has 29 heavy (non-hydrogen) atoms. The first kappa shape index (κ1) is 20.2. The van der Waals surface area contributed by atoms with Crippen LogP contribution in [0.15, 0.2) is 29.2 Å². The van der Waals surface area contributed by atoms with Crippen LogP contribution in [0.5, 0.6) is 0 Å². The number of hydrogen-bond acceptors (Lipinski definition) is 6. The molecule has 1 aliphatic heterocycles. The van der Waals surface area contributed by atoms with E-state index in [0.717, 1.165) is 11.4 Å². The summed E-state index contributed by atoms with van der Waals surface area (Å²) in [5.41, 5.74) is 2.94. The molecule has 0 radical (unpaired) electrons. The number of fused-ring (bicyclic) bond motifs is 1. The monoisotopic (exact) mass is 543 g/mol. The van der Waals surface area contributed by atoms with E-state index in [1.165, 1.54) is 16.6 Å². The summed E-state index contributed by atoms with van der Waals surface area (Å²) in [5, 5.41) is 22.0. The molecule has 0 spiro atoms. The van der Waals surface area contributed by atoms with Gasteiger partial charge in [0.05, 0.1) is 48.7 Å². The lowest BCUT2D eigenvalue weighted by Gasteiger charge is -2.28. The molecule has 0 amide bonds. The summed E-state index contributed by atoms with van der Waals surface area (Å²) in [6, 6.07) is 6.15. The molecule has 3 heterocycles. The van der Waals surface area contributed by atoms with Gasteiger partial charge in [0.1, 0.15) is 16.5 Å². The van der Waals surface area contributed by atoms with Crippen LogP contribution < -0.4 is 10.5 Å². The van der Waals surface area contributed by atoms with Crippen molar-refractivity contribution in [1.29, 1.82) is 5.26 Å². The smallest absolute Gasteiger partial charge is 0.291 e. The van der Waals surface area contributed by atoms with Crippen molar-refractivity contribution in [2.75, 3.05) is 11.4 Å². The first-order valence-corrected chi connectivity index (χ1v) is 12.9. The summed E-state index contributed by atoms with van der Waals surface area (Å²) in [6.07, 6.45) is 2.41. The Labute approximate surface area is 184 Å². The Morgan fingerprint density at radius 3 is 3.00 bits per heavy atom. The lowest BCUT2D eigenvalue weighted by Crippen LogP contribution is -2.33. The molecule has 3 aromatic rings. The van der Waals surface area contributed by atoms with Gasteiger partial charge in [0, 0.05) is 13.0 Å². The molecule has 2 aromatic heterocycles. The first-order valence-electron chi connectivity index (χ1n) is 8.51. The summed E-state index contributed by atoms with van der Waals surface area (Å²) in [5.74, 6) is -0.447. The van der Waals surface area contributed by atoms with E-state index in [2.05, 4.69) is 37.5 Å². The molecule has 8 nitrogen and oxygen atoms in total.